The van der Waals surface area contributed by atoms with Gasteiger partial charge in [-0.15, -0.1) is 22.9 Å². The lowest BCUT2D eigenvalue weighted by molar-refractivity contribution is 0.625. The van der Waals surface area contributed by atoms with E-state index in [0.717, 1.165) is 26.5 Å². The number of hydrogen-bond donors (Lipinski definition) is 0. The molecule has 0 radical (unpaired) electrons. The van der Waals surface area contributed by atoms with Gasteiger partial charge in [0.25, 0.3) is 0 Å². The van der Waals surface area contributed by atoms with E-state index in [4.69, 9.17) is 11.6 Å². The summed E-state index contributed by atoms with van der Waals surface area (Å²) in [6.07, 6.45) is 0. The first-order chi connectivity index (χ1) is 9.58. The van der Waals surface area contributed by atoms with Gasteiger partial charge in [-0.1, -0.05) is 18.2 Å². The maximum absolute atomic E-state index is 13.2. The fourth-order valence-corrected chi connectivity index (χ4v) is 4.48. The molecule has 3 rings (SSSR count). The summed E-state index contributed by atoms with van der Waals surface area (Å²) in [4.78, 5) is 0. The summed E-state index contributed by atoms with van der Waals surface area (Å²) >= 11 is 11.9. The Labute approximate surface area is 134 Å². The van der Waals surface area contributed by atoms with Gasteiger partial charge in [0.2, 0.25) is 0 Å². The molecule has 1 heterocycles. The lowest BCUT2D eigenvalue weighted by Crippen LogP contribution is -1.96. The molecule has 20 heavy (non-hydrogen) atoms. The molecule has 0 aliphatic carbocycles. The Morgan fingerprint density at radius 3 is 2.75 bits per heavy atom. The minimum Gasteiger partial charge on any atom is -0.207 e. The zero-order chi connectivity index (χ0) is 14.3. The highest BCUT2D eigenvalue weighted by molar-refractivity contribution is 9.10. The van der Waals surface area contributed by atoms with E-state index in [1.54, 1.807) is 17.4 Å². The van der Waals surface area contributed by atoms with Crippen LogP contribution in [-0.2, 0) is 0 Å². The van der Waals surface area contributed by atoms with Crippen LogP contribution in [0.4, 0.5) is 4.39 Å². The summed E-state index contributed by atoms with van der Waals surface area (Å²) in [7, 11) is 0. The van der Waals surface area contributed by atoms with E-state index in [1.165, 1.54) is 16.8 Å². The molecule has 0 spiro atoms. The van der Waals surface area contributed by atoms with Crippen LogP contribution in [0.15, 0.2) is 46.3 Å². The Bertz CT molecular complexity index is 781. The molecule has 0 amide bonds. The fourth-order valence-electron chi connectivity index (χ4n) is 2.33. The van der Waals surface area contributed by atoms with Crippen LogP contribution in [-0.4, -0.2) is 0 Å². The number of hydrogen-bond acceptors (Lipinski definition) is 1. The van der Waals surface area contributed by atoms with Gasteiger partial charge in [0.1, 0.15) is 5.82 Å². The minimum absolute atomic E-state index is 0.229. The number of alkyl halides is 1. The third kappa shape index (κ3) is 2.39. The zero-order valence-electron chi connectivity index (χ0n) is 10.7. The molecule has 0 bridgehead atoms. The molecule has 0 N–H and O–H groups in total. The number of fused-ring (bicyclic) bond motifs is 1. The van der Waals surface area contributed by atoms with Gasteiger partial charge in [0, 0.05) is 9.17 Å². The van der Waals surface area contributed by atoms with Crippen molar-refractivity contribution in [1.82, 2.24) is 0 Å². The molecule has 3 aromatic rings. The fraction of sp³-hybridized carbons (Fsp3) is 0.125. The third-order valence-electron chi connectivity index (χ3n) is 3.36. The molecule has 0 nitrogen and oxygen atoms in total. The van der Waals surface area contributed by atoms with Crippen LogP contribution in [0.3, 0.4) is 0 Å². The minimum atomic E-state index is -0.265. The molecular weight excluding hydrogens is 359 g/mol. The average Bonchev–Trinajstić information content (AvgIpc) is 2.83. The second-order valence-electron chi connectivity index (χ2n) is 4.67. The number of aryl methyl sites for hydroxylation is 1. The van der Waals surface area contributed by atoms with E-state index in [-0.39, 0.29) is 11.2 Å². The summed E-state index contributed by atoms with van der Waals surface area (Å²) in [5.41, 5.74) is 2.90. The molecule has 1 unspecified atom stereocenters. The highest BCUT2D eigenvalue weighted by Gasteiger charge is 2.18. The molecule has 0 saturated heterocycles. The van der Waals surface area contributed by atoms with E-state index >= 15 is 0 Å². The maximum Gasteiger partial charge on any atom is 0.123 e. The molecular formula is C16H11BrClFS. The molecule has 0 saturated carbocycles. The van der Waals surface area contributed by atoms with E-state index in [1.807, 2.05) is 19.1 Å². The van der Waals surface area contributed by atoms with Crippen LogP contribution < -0.4 is 0 Å². The van der Waals surface area contributed by atoms with Gasteiger partial charge >= 0.3 is 0 Å². The van der Waals surface area contributed by atoms with Gasteiger partial charge in [-0.3, -0.25) is 0 Å². The summed E-state index contributed by atoms with van der Waals surface area (Å²) in [6.45, 7) is 1.89. The van der Waals surface area contributed by atoms with Crippen molar-refractivity contribution < 1.29 is 4.39 Å². The molecule has 2 aromatic carbocycles. The highest BCUT2D eigenvalue weighted by Crippen LogP contribution is 2.40. The molecule has 0 aliphatic heterocycles. The van der Waals surface area contributed by atoms with Crippen molar-refractivity contribution >= 4 is 49.0 Å². The second-order valence-corrected chi connectivity index (χ2v) is 6.84. The summed E-state index contributed by atoms with van der Waals surface area (Å²) in [5.74, 6) is -0.229. The number of thiophene rings is 1. The van der Waals surface area contributed by atoms with E-state index < -0.39 is 0 Å². The smallest absolute Gasteiger partial charge is 0.123 e. The third-order valence-corrected chi connectivity index (χ3v) is 5.80. The topological polar surface area (TPSA) is 0 Å². The van der Waals surface area contributed by atoms with Crippen molar-refractivity contribution in [2.24, 2.45) is 0 Å². The van der Waals surface area contributed by atoms with Gasteiger partial charge in [-0.05, 0) is 68.5 Å². The van der Waals surface area contributed by atoms with Gasteiger partial charge in [0.05, 0.1) is 5.38 Å². The maximum atomic E-state index is 13.2. The Morgan fingerprint density at radius 1 is 1.20 bits per heavy atom. The van der Waals surface area contributed by atoms with Crippen molar-refractivity contribution in [2.45, 2.75) is 12.3 Å². The first-order valence-corrected chi connectivity index (χ1v) is 8.24. The molecule has 1 atom stereocenters. The van der Waals surface area contributed by atoms with Gasteiger partial charge < -0.3 is 0 Å². The summed E-state index contributed by atoms with van der Waals surface area (Å²) in [5, 5.41) is 2.96. The van der Waals surface area contributed by atoms with Crippen LogP contribution in [0.2, 0.25) is 0 Å². The van der Waals surface area contributed by atoms with E-state index in [2.05, 4.69) is 27.4 Å². The van der Waals surface area contributed by atoms with Crippen LogP contribution in [0.25, 0.3) is 10.1 Å². The quantitative estimate of drug-likeness (QED) is 0.456. The standard InChI is InChI=1S/C16H11BrClFS/c1-9-7-10(19)5-6-11(9)15(18)13-8-20-16-12(13)3-2-4-14(16)17/h2-8,15H,1H3. The summed E-state index contributed by atoms with van der Waals surface area (Å²) in [6, 6.07) is 10.8. The predicted molar refractivity (Wildman–Crippen MR) is 88.4 cm³/mol. The van der Waals surface area contributed by atoms with Crippen molar-refractivity contribution in [3.8, 4) is 0 Å². The molecule has 0 fully saturated rings. The first kappa shape index (κ1) is 14.1. The average molecular weight is 370 g/mol. The normalized spacial score (nSPS) is 12.8. The van der Waals surface area contributed by atoms with Gasteiger partial charge in [-0.2, -0.15) is 0 Å². The summed E-state index contributed by atoms with van der Waals surface area (Å²) < 4.78 is 15.5. The number of rotatable bonds is 2. The van der Waals surface area contributed by atoms with Crippen LogP contribution in [0.1, 0.15) is 22.1 Å². The van der Waals surface area contributed by atoms with Crippen LogP contribution in [0, 0.1) is 12.7 Å². The van der Waals surface area contributed by atoms with E-state index in [9.17, 15) is 4.39 Å². The van der Waals surface area contributed by atoms with Crippen molar-refractivity contribution in [2.75, 3.05) is 0 Å². The Hall–Kier alpha value is -0.900. The Morgan fingerprint density at radius 2 is 2.00 bits per heavy atom. The largest absolute Gasteiger partial charge is 0.207 e. The first-order valence-electron chi connectivity index (χ1n) is 6.13. The van der Waals surface area contributed by atoms with E-state index in [0.29, 0.717) is 0 Å². The highest BCUT2D eigenvalue weighted by atomic mass is 79.9. The number of halogens is 3. The lowest BCUT2D eigenvalue weighted by atomic mass is 9.99. The monoisotopic (exact) mass is 368 g/mol. The Kier molecular flexibility index (Phi) is 3.85. The zero-order valence-corrected chi connectivity index (χ0v) is 13.8. The second kappa shape index (κ2) is 5.47. The predicted octanol–water partition coefficient (Wildman–Crippen LogP) is 6.44. The van der Waals surface area contributed by atoms with Crippen LogP contribution in [0.5, 0.6) is 0 Å². The van der Waals surface area contributed by atoms with Crippen molar-refractivity contribution in [1.29, 1.82) is 0 Å². The van der Waals surface area contributed by atoms with Crippen molar-refractivity contribution in [3.63, 3.8) is 0 Å². The SMILES string of the molecule is Cc1cc(F)ccc1C(Cl)c1csc2c(Br)cccc12. The van der Waals surface area contributed by atoms with Crippen molar-refractivity contribution in [3.05, 3.63) is 68.8 Å². The molecule has 1 aromatic heterocycles. The van der Waals surface area contributed by atoms with Gasteiger partial charge in [0.15, 0.2) is 0 Å². The molecule has 102 valence electrons. The lowest BCUT2D eigenvalue weighted by Gasteiger charge is -2.12. The van der Waals surface area contributed by atoms with Gasteiger partial charge in [-0.25, -0.2) is 4.39 Å². The number of benzene rings is 2. The Balaban J connectivity index is 2.13. The molecule has 4 heteroatoms. The van der Waals surface area contributed by atoms with Crippen LogP contribution >= 0.6 is 38.9 Å². The molecule has 0 aliphatic rings.